The predicted octanol–water partition coefficient (Wildman–Crippen LogP) is 2.00. The van der Waals surface area contributed by atoms with E-state index in [-0.39, 0.29) is 11.8 Å². The van der Waals surface area contributed by atoms with Crippen LogP contribution in [-0.2, 0) is 4.79 Å². The highest BCUT2D eigenvalue weighted by molar-refractivity contribution is 5.87. The lowest BCUT2D eigenvalue weighted by molar-refractivity contribution is -0.122. The van der Waals surface area contributed by atoms with Gasteiger partial charge in [-0.15, -0.1) is 0 Å². The fourth-order valence-electron chi connectivity index (χ4n) is 1.90. The third kappa shape index (κ3) is 2.65. The van der Waals surface area contributed by atoms with Gasteiger partial charge in [0.1, 0.15) is 5.82 Å². The number of aryl methyl sites for hydroxylation is 1. The lowest BCUT2D eigenvalue weighted by Crippen LogP contribution is -2.39. The summed E-state index contributed by atoms with van der Waals surface area (Å²) in [5, 5.41) is 1.59. The van der Waals surface area contributed by atoms with Crippen LogP contribution in [0.2, 0.25) is 0 Å². The normalized spacial score (nSPS) is 10.8. The van der Waals surface area contributed by atoms with Gasteiger partial charge in [0.25, 0.3) is 0 Å². The predicted molar refractivity (Wildman–Crippen MR) is 74.2 cm³/mol. The topological polar surface area (TPSA) is 51.0 Å². The van der Waals surface area contributed by atoms with Gasteiger partial charge in [0.2, 0.25) is 5.91 Å². The summed E-state index contributed by atoms with van der Waals surface area (Å²) in [6.07, 6.45) is 5.34. The third-order valence-corrected chi connectivity index (χ3v) is 2.95. The molecule has 5 nitrogen and oxygen atoms in total. The van der Waals surface area contributed by atoms with Crippen LogP contribution in [0.15, 0.2) is 30.7 Å². The molecule has 0 saturated carbocycles. The standard InChI is InChI=1S/C14H18N4O/c1-10(2)14(19)17(4)18-9-13(16-11(18)3)12-6-5-7-15-8-12/h5-10H,1-4H3. The van der Waals surface area contributed by atoms with Crippen molar-refractivity contribution in [3.05, 3.63) is 36.5 Å². The summed E-state index contributed by atoms with van der Waals surface area (Å²) in [6, 6.07) is 3.82. The molecule has 5 heteroatoms. The quantitative estimate of drug-likeness (QED) is 0.846. The Morgan fingerprint density at radius 2 is 2.16 bits per heavy atom. The van der Waals surface area contributed by atoms with Crippen LogP contribution in [0.5, 0.6) is 0 Å². The number of aromatic nitrogens is 3. The Morgan fingerprint density at radius 3 is 2.74 bits per heavy atom. The minimum atomic E-state index is -0.0476. The van der Waals surface area contributed by atoms with Crippen LogP contribution in [-0.4, -0.2) is 27.6 Å². The first-order chi connectivity index (χ1) is 9.00. The zero-order chi connectivity index (χ0) is 14.0. The van der Waals surface area contributed by atoms with Gasteiger partial charge in [-0.1, -0.05) is 13.8 Å². The first-order valence-corrected chi connectivity index (χ1v) is 6.25. The minimum absolute atomic E-state index is 0.0476. The van der Waals surface area contributed by atoms with E-state index in [1.165, 1.54) is 0 Å². The second-order valence-electron chi connectivity index (χ2n) is 4.78. The number of hydrogen-bond acceptors (Lipinski definition) is 3. The Kier molecular flexibility index (Phi) is 3.64. The second kappa shape index (κ2) is 5.22. The van der Waals surface area contributed by atoms with Gasteiger partial charge in [-0.05, 0) is 19.1 Å². The van der Waals surface area contributed by atoms with Crippen LogP contribution < -0.4 is 5.01 Å². The Balaban J connectivity index is 2.34. The third-order valence-electron chi connectivity index (χ3n) is 2.95. The maximum Gasteiger partial charge on any atom is 0.243 e. The van der Waals surface area contributed by atoms with Crippen molar-refractivity contribution in [2.45, 2.75) is 20.8 Å². The molecule has 1 amide bonds. The van der Waals surface area contributed by atoms with Gasteiger partial charge < -0.3 is 0 Å². The summed E-state index contributed by atoms with van der Waals surface area (Å²) in [5.74, 6) is 0.780. The second-order valence-corrected chi connectivity index (χ2v) is 4.78. The maximum absolute atomic E-state index is 12.0. The van der Waals surface area contributed by atoms with Crippen LogP contribution >= 0.6 is 0 Å². The van der Waals surface area contributed by atoms with Crippen LogP contribution in [0.3, 0.4) is 0 Å². The Labute approximate surface area is 112 Å². The largest absolute Gasteiger partial charge is 0.273 e. The van der Waals surface area contributed by atoms with E-state index in [9.17, 15) is 4.79 Å². The van der Waals surface area contributed by atoms with Crippen molar-refractivity contribution in [2.75, 3.05) is 12.1 Å². The smallest absolute Gasteiger partial charge is 0.243 e. The van der Waals surface area contributed by atoms with Crippen molar-refractivity contribution in [1.29, 1.82) is 0 Å². The highest BCUT2D eigenvalue weighted by Gasteiger charge is 2.17. The molecule has 0 radical (unpaired) electrons. The summed E-state index contributed by atoms with van der Waals surface area (Å²) in [5.41, 5.74) is 1.75. The van der Waals surface area contributed by atoms with E-state index in [0.29, 0.717) is 0 Å². The summed E-state index contributed by atoms with van der Waals surface area (Å²) in [6.45, 7) is 5.64. The van der Waals surface area contributed by atoms with Gasteiger partial charge in [-0.3, -0.25) is 14.8 Å². The molecule has 0 aromatic carbocycles. The van der Waals surface area contributed by atoms with Crippen molar-refractivity contribution in [3.8, 4) is 11.3 Å². The van der Waals surface area contributed by atoms with E-state index in [1.54, 1.807) is 29.1 Å². The van der Waals surface area contributed by atoms with Crippen LogP contribution in [0.25, 0.3) is 11.3 Å². The van der Waals surface area contributed by atoms with Crippen molar-refractivity contribution in [3.63, 3.8) is 0 Å². The Hall–Kier alpha value is -2.17. The molecule has 0 saturated heterocycles. The molecule has 0 aliphatic heterocycles. The number of carbonyl (C=O) groups is 1. The molecule has 19 heavy (non-hydrogen) atoms. The molecule has 0 unspecified atom stereocenters. The van der Waals surface area contributed by atoms with E-state index in [4.69, 9.17) is 0 Å². The Bertz CT molecular complexity index is 574. The number of amides is 1. The molecule has 0 bridgehead atoms. The van der Waals surface area contributed by atoms with Gasteiger partial charge in [-0.2, -0.15) is 0 Å². The van der Waals surface area contributed by atoms with Crippen LogP contribution in [0.1, 0.15) is 19.7 Å². The van der Waals surface area contributed by atoms with Gasteiger partial charge in [0.15, 0.2) is 0 Å². The zero-order valence-electron chi connectivity index (χ0n) is 11.7. The maximum atomic E-state index is 12.0. The highest BCUT2D eigenvalue weighted by atomic mass is 16.2. The summed E-state index contributed by atoms with van der Waals surface area (Å²) in [7, 11) is 1.75. The molecule has 0 aliphatic rings. The summed E-state index contributed by atoms with van der Waals surface area (Å²) >= 11 is 0. The average molecular weight is 258 g/mol. The lowest BCUT2D eigenvalue weighted by atomic mass is 10.2. The van der Waals surface area contributed by atoms with Crippen LogP contribution in [0, 0.1) is 12.8 Å². The monoisotopic (exact) mass is 258 g/mol. The van der Waals surface area contributed by atoms with Gasteiger partial charge in [0, 0.05) is 30.9 Å². The van der Waals surface area contributed by atoms with Crippen LogP contribution in [0.4, 0.5) is 0 Å². The van der Waals surface area contributed by atoms with E-state index in [2.05, 4.69) is 9.97 Å². The number of imidazole rings is 1. The molecular weight excluding hydrogens is 240 g/mol. The summed E-state index contributed by atoms with van der Waals surface area (Å²) in [4.78, 5) is 20.6. The molecule has 0 atom stereocenters. The molecule has 0 spiro atoms. The highest BCUT2D eigenvalue weighted by Crippen LogP contribution is 2.17. The van der Waals surface area contributed by atoms with E-state index in [0.717, 1.165) is 17.1 Å². The van der Waals surface area contributed by atoms with E-state index < -0.39 is 0 Å². The lowest BCUT2D eigenvalue weighted by Gasteiger charge is -2.21. The number of rotatable bonds is 3. The molecule has 2 aromatic rings. The molecule has 0 aliphatic carbocycles. The summed E-state index contributed by atoms with van der Waals surface area (Å²) < 4.78 is 1.77. The minimum Gasteiger partial charge on any atom is -0.273 e. The zero-order valence-corrected chi connectivity index (χ0v) is 11.7. The molecule has 0 N–H and O–H groups in total. The molecule has 2 aromatic heterocycles. The van der Waals surface area contributed by atoms with E-state index >= 15 is 0 Å². The molecule has 0 fully saturated rings. The molecule has 2 rings (SSSR count). The first-order valence-electron chi connectivity index (χ1n) is 6.25. The SMILES string of the molecule is Cc1nc(-c2cccnc2)cn1N(C)C(=O)C(C)C. The fraction of sp³-hybridized carbons (Fsp3) is 0.357. The van der Waals surface area contributed by atoms with Gasteiger partial charge in [-0.25, -0.2) is 9.66 Å². The van der Waals surface area contributed by atoms with Crippen molar-refractivity contribution in [1.82, 2.24) is 14.6 Å². The number of nitrogens with zero attached hydrogens (tertiary/aromatic N) is 4. The first kappa shape index (κ1) is 13.3. The van der Waals surface area contributed by atoms with Gasteiger partial charge in [0.05, 0.1) is 11.9 Å². The van der Waals surface area contributed by atoms with Crippen molar-refractivity contribution >= 4 is 5.91 Å². The number of pyridine rings is 1. The number of carbonyl (C=O) groups excluding carboxylic acids is 1. The molecule has 2 heterocycles. The fourth-order valence-corrected chi connectivity index (χ4v) is 1.90. The van der Waals surface area contributed by atoms with Gasteiger partial charge >= 0.3 is 0 Å². The Morgan fingerprint density at radius 1 is 1.42 bits per heavy atom. The van der Waals surface area contributed by atoms with E-state index in [1.807, 2.05) is 39.1 Å². The number of hydrogen-bond donors (Lipinski definition) is 0. The molecular formula is C14H18N4O. The molecule has 100 valence electrons. The van der Waals surface area contributed by atoms with Crippen molar-refractivity contribution < 1.29 is 4.79 Å². The average Bonchev–Trinajstić information content (AvgIpc) is 2.80. The van der Waals surface area contributed by atoms with Crippen molar-refractivity contribution in [2.24, 2.45) is 5.92 Å².